The number of hydrogen-bond donors (Lipinski definition) is 1. The van der Waals surface area contributed by atoms with Gasteiger partial charge in [-0.15, -0.1) is 0 Å². The molecule has 0 saturated carbocycles. The number of nitrogens with one attached hydrogen (secondary N) is 1. The highest BCUT2D eigenvalue weighted by atomic mass is 16.5. The summed E-state index contributed by atoms with van der Waals surface area (Å²) in [7, 11) is 0. The Kier molecular flexibility index (Phi) is 5.07. The fourth-order valence-electron chi connectivity index (χ4n) is 2.61. The minimum Gasteiger partial charge on any atom is -0.381 e. The number of rotatable bonds is 4. The molecule has 2 aliphatic rings. The zero-order chi connectivity index (χ0) is 11.2. The van der Waals surface area contributed by atoms with Crippen molar-refractivity contribution in [3.63, 3.8) is 0 Å². The molecule has 0 aliphatic carbocycles. The monoisotopic (exact) mass is 226 g/mol. The van der Waals surface area contributed by atoms with Crippen LogP contribution in [-0.2, 0) is 4.74 Å². The van der Waals surface area contributed by atoms with Crippen LogP contribution in [-0.4, -0.2) is 50.3 Å². The molecule has 2 aliphatic heterocycles. The van der Waals surface area contributed by atoms with E-state index in [1.165, 1.54) is 45.3 Å². The molecule has 0 amide bonds. The van der Waals surface area contributed by atoms with E-state index in [4.69, 9.17) is 4.74 Å². The van der Waals surface area contributed by atoms with Crippen LogP contribution >= 0.6 is 0 Å². The second-order valence-electron chi connectivity index (χ2n) is 5.36. The summed E-state index contributed by atoms with van der Waals surface area (Å²) in [5, 5.41) is 3.66. The van der Waals surface area contributed by atoms with E-state index in [1.807, 2.05) is 0 Å². The summed E-state index contributed by atoms with van der Waals surface area (Å²) in [5.41, 5.74) is 0. The van der Waals surface area contributed by atoms with Crippen LogP contribution in [0, 0.1) is 5.92 Å². The van der Waals surface area contributed by atoms with Gasteiger partial charge in [0.15, 0.2) is 0 Å². The van der Waals surface area contributed by atoms with Crippen molar-refractivity contribution in [2.45, 2.75) is 38.6 Å². The van der Waals surface area contributed by atoms with E-state index in [0.717, 1.165) is 25.7 Å². The SMILES string of the molecule is CC1CCN(CCNC2CCOCC2)CC1. The number of likely N-dealkylation sites (tertiary alicyclic amines) is 1. The van der Waals surface area contributed by atoms with Gasteiger partial charge in [-0.1, -0.05) is 6.92 Å². The molecule has 0 aromatic carbocycles. The Morgan fingerprint density at radius 1 is 1.12 bits per heavy atom. The Labute approximate surface area is 99.5 Å². The predicted molar refractivity (Wildman–Crippen MR) is 66.7 cm³/mol. The van der Waals surface area contributed by atoms with Crippen molar-refractivity contribution in [3.8, 4) is 0 Å². The second-order valence-corrected chi connectivity index (χ2v) is 5.36. The van der Waals surface area contributed by atoms with Crippen molar-refractivity contribution in [2.75, 3.05) is 39.4 Å². The van der Waals surface area contributed by atoms with Gasteiger partial charge in [0.2, 0.25) is 0 Å². The molecule has 0 atom stereocenters. The van der Waals surface area contributed by atoms with Gasteiger partial charge in [0.25, 0.3) is 0 Å². The Balaban J connectivity index is 1.53. The highest BCUT2D eigenvalue weighted by Gasteiger charge is 2.16. The molecule has 0 radical (unpaired) electrons. The number of hydrogen-bond acceptors (Lipinski definition) is 3. The lowest BCUT2D eigenvalue weighted by molar-refractivity contribution is 0.0767. The van der Waals surface area contributed by atoms with E-state index >= 15 is 0 Å². The minimum absolute atomic E-state index is 0.706. The van der Waals surface area contributed by atoms with Crippen LogP contribution < -0.4 is 5.32 Å². The van der Waals surface area contributed by atoms with Crippen molar-refractivity contribution < 1.29 is 4.74 Å². The highest BCUT2D eigenvalue weighted by molar-refractivity contribution is 4.73. The molecule has 0 unspecified atom stereocenters. The largest absolute Gasteiger partial charge is 0.381 e. The quantitative estimate of drug-likeness (QED) is 0.786. The van der Waals surface area contributed by atoms with Gasteiger partial charge in [-0.2, -0.15) is 0 Å². The smallest absolute Gasteiger partial charge is 0.0480 e. The molecule has 2 saturated heterocycles. The van der Waals surface area contributed by atoms with Crippen LogP contribution in [0.2, 0.25) is 0 Å². The molecular formula is C13H26N2O. The summed E-state index contributed by atoms with van der Waals surface area (Å²) in [6.45, 7) is 9.24. The van der Waals surface area contributed by atoms with Crippen molar-refractivity contribution in [3.05, 3.63) is 0 Å². The number of piperidine rings is 1. The Morgan fingerprint density at radius 3 is 2.50 bits per heavy atom. The average molecular weight is 226 g/mol. The third kappa shape index (κ3) is 4.04. The van der Waals surface area contributed by atoms with E-state index in [1.54, 1.807) is 0 Å². The molecule has 3 nitrogen and oxygen atoms in total. The molecule has 3 heteroatoms. The zero-order valence-corrected chi connectivity index (χ0v) is 10.6. The van der Waals surface area contributed by atoms with Crippen LogP contribution in [0.3, 0.4) is 0 Å². The van der Waals surface area contributed by atoms with Crippen molar-refractivity contribution in [1.29, 1.82) is 0 Å². The van der Waals surface area contributed by atoms with Crippen molar-refractivity contribution in [2.24, 2.45) is 5.92 Å². The average Bonchev–Trinajstić information content (AvgIpc) is 2.33. The van der Waals surface area contributed by atoms with Gasteiger partial charge in [0, 0.05) is 32.3 Å². The molecule has 2 rings (SSSR count). The maximum atomic E-state index is 5.36. The second kappa shape index (κ2) is 6.58. The fourth-order valence-corrected chi connectivity index (χ4v) is 2.61. The predicted octanol–water partition coefficient (Wildman–Crippen LogP) is 1.49. The minimum atomic E-state index is 0.706. The van der Waals surface area contributed by atoms with E-state index in [0.29, 0.717) is 6.04 Å². The van der Waals surface area contributed by atoms with Gasteiger partial charge in [-0.05, 0) is 44.7 Å². The van der Waals surface area contributed by atoms with E-state index in [2.05, 4.69) is 17.1 Å². The molecule has 1 N–H and O–H groups in total. The summed E-state index contributed by atoms with van der Waals surface area (Å²) >= 11 is 0. The standard InChI is InChI=1S/C13H26N2O/c1-12-2-7-15(8-3-12)9-6-14-13-4-10-16-11-5-13/h12-14H,2-11H2,1H3. The Bertz CT molecular complexity index is 184. The molecule has 0 bridgehead atoms. The zero-order valence-electron chi connectivity index (χ0n) is 10.6. The van der Waals surface area contributed by atoms with Crippen molar-refractivity contribution >= 4 is 0 Å². The lowest BCUT2D eigenvalue weighted by Crippen LogP contribution is -2.42. The van der Waals surface area contributed by atoms with E-state index < -0.39 is 0 Å². The van der Waals surface area contributed by atoms with Crippen LogP contribution in [0.1, 0.15) is 32.6 Å². The lowest BCUT2D eigenvalue weighted by Gasteiger charge is -2.31. The molecular weight excluding hydrogens is 200 g/mol. The summed E-state index contributed by atoms with van der Waals surface area (Å²) in [4.78, 5) is 2.60. The first-order valence-electron chi connectivity index (χ1n) is 6.88. The van der Waals surface area contributed by atoms with E-state index in [9.17, 15) is 0 Å². The highest BCUT2D eigenvalue weighted by Crippen LogP contribution is 2.15. The number of ether oxygens (including phenoxy) is 1. The molecule has 2 fully saturated rings. The fraction of sp³-hybridized carbons (Fsp3) is 1.00. The first-order valence-corrected chi connectivity index (χ1v) is 6.88. The molecule has 0 spiro atoms. The normalized spacial score (nSPS) is 26.1. The van der Waals surface area contributed by atoms with Crippen LogP contribution in [0.15, 0.2) is 0 Å². The number of nitrogens with zero attached hydrogens (tertiary/aromatic N) is 1. The first-order chi connectivity index (χ1) is 7.84. The maximum absolute atomic E-state index is 5.36. The third-order valence-electron chi connectivity index (χ3n) is 3.96. The van der Waals surface area contributed by atoms with E-state index in [-0.39, 0.29) is 0 Å². The summed E-state index contributed by atoms with van der Waals surface area (Å²) in [6.07, 6.45) is 5.16. The first kappa shape index (κ1) is 12.3. The van der Waals surface area contributed by atoms with Crippen LogP contribution in [0.5, 0.6) is 0 Å². The summed E-state index contributed by atoms with van der Waals surface area (Å²) in [6, 6.07) is 0.706. The lowest BCUT2D eigenvalue weighted by atomic mass is 9.99. The maximum Gasteiger partial charge on any atom is 0.0480 e. The molecule has 2 heterocycles. The van der Waals surface area contributed by atoms with Gasteiger partial charge in [-0.3, -0.25) is 0 Å². The van der Waals surface area contributed by atoms with Gasteiger partial charge >= 0.3 is 0 Å². The van der Waals surface area contributed by atoms with Gasteiger partial charge in [0.05, 0.1) is 0 Å². The van der Waals surface area contributed by atoms with Gasteiger partial charge in [0.1, 0.15) is 0 Å². The summed E-state index contributed by atoms with van der Waals surface area (Å²) in [5.74, 6) is 0.944. The van der Waals surface area contributed by atoms with Crippen molar-refractivity contribution in [1.82, 2.24) is 10.2 Å². The Hall–Kier alpha value is -0.120. The molecule has 16 heavy (non-hydrogen) atoms. The van der Waals surface area contributed by atoms with Crippen LogP contribution in [0.4, 0.5) is 0 Å². The van der Waals surface area contributed by atoms with Crippen LogP contribution in [0.25, 0.3) is 0 Å². The molecule has 0 aromatic rings. The third-order valence-corrected chi connectivity index (χ3v) is 3.96. The topological polar surface area (TPSA) is 24.5 Å². The Morgan fingerprint density at radius 2 is 1.81 bits per heavy atom. The molecule has 0 aromatic heterocycles. The summed E-state index contributed by atoms with van der Waals surface area (Å²) < 4.78 is 5.36. The van der Waals surface area contributed by atoms with Gasteiger partial charge in [-0.25, -0.2) is 0 Å². The van der Waals surface area contributed by atoms with Gasteiger partial charge < -0.3 is 15.0 Å². The molecule has 94 valence electrons.